The topological polar surface area (TPSA) is 159 Å². The number of hydrogen-bond donors (Lipinski definition) is 1. The van der Waals surface area contributed by atoms with Crippen LogP contribution < -0.4 is 0 Å². The molecule has 45 heavy (non-hydrogen) atoms. The summed E-state index contributed by atoms with van der Waals surface area (Å²) in [5.74, 6) is -1.97. The maximum absolute atomic E-state index is 12.2. The normalized spacial score (nSPS) is 17.1. The Balaban J connectivity index is 1.55. The van der Waals surface area contributed by atoms with Crippen LogP contribution in [0.15, 0.2) is 30.3 Å². The average Bonchev–Trinajstić information content (AvgIpc) is 3.04. The van der Waals surface area contributed by atoms with E-state index >= 15 is 0 Å². The number of methoxy groups -OCH3 is 2. The van der Waals surface area contributed by atoms with Crippen LogP contribution in [0.2, 0.25) is 0 Å². The number of carbonyl (C=O) groups excluding carboxylic acids is 2. The van der Waals surface area contributed by atoms with Gasteiger partial charge in [0.1, 0.15) is 11.4 Å². The number of esters is 2. The molecule has 0 amide bonds. The number of nitrogens with zero attached hydrogens (tertiary/aromatic N) is 4. The minimum absolute atomic E-state index is 0.0558. The van der Waals surface area contributed by atoms with E-state index in [2.05, 4.69) is 19.8 Å². The molecule has 2 aromatic rings. The predicted molar refractivity (Wildman–Crippen MR) is 161 cm³/mol. The Hall–Kier alpha value is -3.53. The Morgan fingerprint density at radius 2 is 1.20 bits per heavy atom. The van der Waals surface area contributed by atoms with Gasteiger partial charge in [0.05, 0.1) is 78.5 Å². The van der Waals surface area contributed by atoms with Crippen molar-refractivity contribution in [3.05, 3.63) is 58.7 Å². The third kappa shape index (κ3) is 14.0. The summed E-state index contributed by atoms with van der Waals surface area (Å²) in [7, 11) is 2.62. The Bertz CT molecular complexity index is 1190. The highest BCUT2D eigenvalue weighted by Gasteiger charge is 2.15. The maximum Gasteiger partial charge on any atom is 0.356 e. The molecule has 3 heterocycles. The summed E-state index contributed by atoms with van der Waals surface area (Å²) in [4.78, 5) is 48.3. The van der Waals surface area contributed by atoms with Crippen LogP contribution >= 0.6 is 0 Å². The van der Waals surface area contributed by atoms with Gasteiger partial charge in [0.15, 0.2) is 0 Å². The van der Waals surface area contributed by atoms with E-state index < -0.39 is 17.9 Å². The first-order valence-electron chi connectivity index (χ1n) is 15.0. The van der Waals surface area contributed by atoms with Gasteiger partial charge in [-0.3, -0.25) is 14.6 Å². The SMILES string of the molecule is COC(=O)c1cccc(CN2CCOCCOCCN(Cc3cc(CCC(=O)O)cc(C(=O)OC)n3)CCOCCOCC2)n1. The molecule has 0 saturated carbocycles. The number of aromatic nitrogens is 2. The monoisotopic (exact) mass is 632 g/mol. The fourth-order valence-corrected chi connectivity index (χ4v) is 4.54. The molecule has 0 bridgehead atoms. The minimum Gasteiger partial charge on any atom is -0.481 e. The molecule has 0 aromatic carbocycles. The second kappa shape index (κ2) is 20.5. The molecular weight excluding hydrogens is 588 g/mol. The van der Waals surface area contributed by atoms with Gasteiger partial charge in [0.2, 0.25) is 0 Å². The molecule has 0 atom stereocenters. The highest BCUT2D eigenvalue weighted by atomic mass is 16.5. The fraction of sp³-hybridized carbons (Fsp3) is 0.581. The van der Waals surface area contributed by atoms with Crippen LogP contribution in [0.5, 0.6) is 0 Å². The highest BCUT2D eigenvalue weighted by molar-refractivity contribution is 5.87. The molecule has 0 unspecified atom stereocenters. The van der Waals surface area contributed by atoms with E-state index in [0.29, 0.717) is 103 Å². The number of hydrogen-bond acceptors (Lipinski definition) is 13. The van der Waals surface area contributed by atoms with Gasteiger partial charge in [-0.05, 0) is 36.2 Å². The number of carbonyl (C=O) groups is 3. The summed E-state index contributed by atoms with van der Waals surface area (Å²) in [6, 6.07) is 8.67. The second-order valence-corrected chi connectivity index (χ2v) is 10.2. The van der Waals surface area contributed by atoms with E-state index in [1.165, 1.54) is 14.2 Å². The van der Waals surface area contributed by atoms with Crippen molar-refractivity contribution in [3.63, 3.8) is 0 Å². The molecule has 1 aliphatic heterocycles. The highest BCUT2D eigenvalue weighted by Crippen LogP contribution is 2.13. The summed E-state index contributed by atoms with van der Waals surface area (Å²) >= 11 is 0. The molecule has 2 aromatic heterocycles. The van der Waals surface area contributed by atoms with E-state index in [4.69, 9.17) is 33.5 Å². The lowest BCUT2D eigenvalue weighted by molar-refractivity contribution is -0.136. The van der Waals surface area contributed by atoms with Gasteiger partial charge in [-0.15, -0.1) is 0 Å². The van der Waals surface area contributed by atoms with Crippen molar-refractivity contribution in [2.45, 2.75) is 25.9 Å². The van der Waals surface area contributed by atoms with E-state index in [1.807, 2.05) is 12.1 Å². The van der Waals surface area contributed by atoms with Crippen molar-refractivity contribution >= 4 is 17.9 Å². The molecule has 1 N–H and O–H groups in total. The summed E-state index contributed by atoms with van der Waals surface area (Å²) in [6.07, 6.45) is 0.220. The van der Waals surface area contributed by atoms with Gasteiger partial charge >= 0.3 is 17.9 Å². The number of carboxylic acid groups (broad SMARTS) is 1. The molecular formula is C31H44N4O10. The number of pyridine rings is 2. The van der Waals surface area contributed by atoms with Crippen molar-refractivity contribution in [2.24, 2.45) is 0 Å². The molecule has 3 rings (SSSR count). The molecule has 0 aliphatic carbocycles. The lowest BCUT2D eigenvalue weighted by Gasteiger charge is -2.23. The van der Waals surface area contributed by atoms with Crippen molar-refractivity contribution < 1.29 is 47.9 Å². The van der Waals surface area contributed by atoms with Crippen LogP contribution in [0, 0.1) is 0 Å². The summed E-state index contributed by atoms with van der Waals surface area (Å²) in [5.41, 5.74) is 2.49. The van der Waals surface area contributed by atoms with Gasteiger partial charge in [-0.1, -0.05) is 6.07 Å². The largest absolute Gasteiger partial charge is 0.481 e. The number of rotatable bonds is 9. The van der Waals surface area contributed by atoms with Crippen LogP contribution in [0.1, 0.15) is 44.3 Å². The molecule has 14 nitrogen and oxygen atoms in total. The zero-order chi connectivity index (χ0) is 32.3. The molecule has 1 saturated heterocycles. The zero-order valence-electron chi connectivity index (χ0n) is 26.1. The summed E-state index contributed by atoms with van der Waals surface area (Å²) in [6.45, 7) is 6.97. The summed E-state index contributed by atoms with van der Waals surface area (Å²) < 4.78 is 32.9. The van der Waals surface area contributed by atoms with E-state index in [9.17, 15) is 14.4 Å². The fourth-order valence-electron chi connectivity index (χ4n) is 4.54. The maximum atomic E-state index is 12.2. The van der Waals surface area contributed by atoms with Crippen molar-refractivity contribution in [3.8, 4) is 0 Å². The number of aryl methyl sites for hydroxylation is 1. The Labute approximate surface area is 263 Å². The second-order valence-electron chi connectivity index (χ2n) is 10.2. The number of carboxylic acids is 1. The van der Waals surface area contributed by atoms with Gasteiger partial charge in [-0.25, -0.2) is 19.6 Å². The zero-order valence-corrected chi connectivity index (χ0v) is 26.1. The van der Waals surface area contributed by atoms with Gasteiger partial charge in [0, 0.05) is 45.7 Å². The first-order chi connectivity index (χ1) is 21.9. The van der Waals surface area contributed by atoms with Crippen LogP contribution in [0.25, 0.3) is 0 Å². The molecule has 0 radical (unpaired) electrons. The van der Waals surface area contributed by atoms with Gasteiger partial charge in [0.25, 0.3) is 0 Å². The molecule has 248 valence electrons. The number of ether oxygens (including phenoxy) is 6. The first-order valence-corrected chi connectivity index (χ1v) is 15.0. The lowest BCUT2D eigenvalue weighted by Crippen LogP contribution is -2.33. The number of aliphatic carboxylic acids is 1. The third-order valence-electron chi connectivity index (χ3n) is 6.88. The first kappa shape index (κ1) is 35.9. The van der Waals surface area contributed by atoms with Crippen LogP contribution in [0.3, 0.4) is 0 Å². The standard InChI is InChI=1S/C31H44N4O10/c1-40-30(38)27-5-3-4-25(32-27)22-34-8-12-42-16-18-44-14-10-35(11-15-45-19-17-43-13-9-34)23-26-20-24(6-7-29(36)37)21-28(33-26)31(39)41-2/h3-5,20-21H,6-19,22-23H2,1-2H3,(H,36,37). The quantitative estimate of drug-likeness (QED) is 0.396. The van der Waals surface area contributed by atoms with Gasteiger partial charge in [-0.2, -0.15) is 0 Å². The van der Waals surface area contributed by atoms with E-state index in [-0.39, 0.29) is 24.2 Å². The predicted octanol–water partition coefficient (Wildman–Crippen LogP) is 1.45. The Morgan fingerprint density at radius 1 is 0.711 bits per heavy atom. The van der Waals surface area contributed by atoms with Crippen LogP contribution in [0.4, 0.5) is 0 Å². The lowest BCUT2D eigenvalue weighted by atomic mass is 10.1. The van der Waals surface area contributed by atoms with Crippen molar-refractivity contribution in [1.82, 2.24) is 19.8 Å². The molecule has 0 spiro atoms. The third-order valence-corrected chi connectivity index (χ3v) is 6.88. The van der Waals surface area contributed by atoms with Crippen LogP contribution in [-0.2, 0) is 52.7 Å². The van der Waals surface area contributed by atoms with Gasteiger partial charge < -0.3 is 33.5 Å². The Morgan fingerprint density at radius 3 is 1.71 bits per heavy atom. The van der Waals surface area contributed by atoms with E-state index in [1.54, 1.807) is 18.2 Å². The molecule has 1 aliphatic rings. The van der Waals surface area contributed by atoms with E-state index in [0.717, 1.165) is 5.69 Å². The molecule has 1 fully saturated rings. The van der Waals surface area contributed by atoms with Crippen molar-refractivity contribution in [2.75, 3.05) is 93.3 Å². The smallest absolute Gasteiger partial charge is 0.356 e. The minimum atomic E-state index is -0.916. The molecule has 14 heteroatoms. The van der Waals surface area contributed by atoms with Crippen LogP contribution in [-0.4, -0.2) is 136 Å². The van der Waals surface area contributed by atoms with Crippen molar-refractivity contribution in [1.29, 1.82) is 0 Å². The average molecular weight is 633 g/mol. The summed E-state index contributed by atoms with van der Waals surface area (Å²) in [5, 5.41) is 9.10. The Kier molecular flexibility index (Phi) is 16.4.